The molecular formula is C28H32ClN5O6S. The molecule has 0 radical (unpaired) electrons. The van der Waals surface area contributed by atoms with E-state index < -0.39 is 27.8 Å². The Balaban J connectivity index is 1.48. The summed E-state index contributed by atoms with van der Waals surface area (Å²) in [4.78, 5) is 46.1. The Hall–Kier alpha value is -3.69. The normalized spacial score (nSPS) is 16.1. The van der Waals surface area contributed by atoms with E-state index in [1.54, 1.807) is 43.0 Å². The first-order valence-corrected chi connectivity index (χ1v) is 15.4. The summed E-state index contributed by atoms with van der Waals surface area (Å²) in [6.07, 6.45) is 1.45. The first-order valence-electron chi connectivity index (χ1n) is 13.4. The van der Waals surface area contributed by atoms with Crippen molar-refractivity contribution in [3.63, 3.8) is 0 Å². The number of sulfonamides is 1. The molecule has 2 aromatic rings. The van der Waals surface area contributed by atoms with Crippen molar-refractivity contribution in [3.05, 3.63) is 57.7 Å². The molecule has 218 valence electrons. The number of aromatic nitrogens is 1. The summed E-state index contributed by atoms with van der Waals surface area (Å²) in [5.74, 6) is -1.76. The Morgan fingerprint density at radius 1 is 1.20 bits per heavy atom. The van der Waals surface area contributed by atoms with Crippen LogP contribution in [0.4, 0.5) is 5.82 Å². The monoisotopic (exact) mass is 601 g/mol. The average molecular weight is 602 g/mol. The maximum atomic E-state index is 12.9. The minimum atomic E-state index is -3.90. The van der Waals surface area contributed by atoms with Gasteiger partial charge in [0.2, 0.25) is 21.8 Å². The second kappa shape index (κ2) is 12.9. The molecule has 0 aliphatic carbocycles. The van der Waals surface area contributed by atoms with E-state index in [1.165, 1.54) is 6.07 Å². The number of pyridine rings is 1. The zero-order valence-electron chi connectivity index (χ0n) is 22.9. The van der Waals surface area contributed by atoms with Gasteiger partial charge in [0, 0.05) is 37.0 Å². The third-order valence-corrected chi connectivity index (χ3v) is 8.45. The number of hydrogen-bond donors (Lipinski definition) is 1. The summed E-state index contributed by atoms with van der Waals surface area (Å²) < 4.78 is 32.7. The number of halogens is 1. The molecule has 0 spiro atoms. The predicted octanol–water partition coefficient (Wildman–Crippen LogP) is 3.16. The fraction of sp³-hybridized carbons (Fsp3) is 0.464. The predicted molar refractivity (Wildman–Crippen MR) is 151 cm³/mol. The van der Waals surface area contributed by atoms with E-state index in [1.807, 2.05) is 4.90 Å². The van der Waals surface area contributed by atoms with Crippen LogP contribution in [-0.4, -0.2) is 61.8 Å². The Labute approximate surface area is 244 Å². The van der Waals surface area contributed by atoms with E-state index in [4.69, 9.17) is 16.3 Å². The number of hydrogen-bond acceptors (Lipinski definition) is 9. The molecule has 11 nitrogen and oxygen atoms in total. The molecule has 1 N–H and O–H groups in total. The number of amides is 2. The van der Waals surface area contributed by atoms with Gasteiger partial charge in [-0.1, -0.05) is 23.7 Å². The molecule has 2 saturated heterocycles. The van der Waals surface area contributed by atoms with Gasteiger partial charge in [0.1, 0.15) is 11.9 Å². The summed E-state index contributed by atoms with van der Waals surface area (Å²) in [6, 6.07) is 9.90. The van der Waals surface area contributed by atoms with Crippen molar-refractivity contribution < 1.29 is 27.5 Å². The number of esters is 1. The maximum absolute atomic E-state index is 12.9. The van der Waals surface area contributed by atoms with Crippen LogP contribution in [0.1, 0.15) is 66.7 Å². The van der Waals surface area contributed by atoms with Gasteiger partial charge < -0.3 is 14.5 Å². The third-order valence-electron chi connectivity index (χ3n) is 6.97. The topological polar surface area (TPSA) is 150 Å². The zero-order chi connectivity index (χ0) is 29.7. The fourth-order valence-corrected chi connectivity index (χ4v) is 6.22. The molecule has 0 atom stereocenters. The molecule has 1 aromatic carbocycles. The van der Waals surface area contributed by atoms with Gasteiger partial charge in [-0.25, -0.2) is 18.2 Å². The molecule has 3 heterocycles. The summed E-state index contributed by atoms with van der Waals surface area (Å²) in [5, 5.41) is 10.4. The zero-order valence-corrected chi connectivity index (χ0v) is 24.5. The maximum Gasteiger partial charge on any atom is 0.340 e. The van der Waals surface area contributed by atoms with Crippen molar-refractivity contribution in [3.8, 4) is 6.07 Å². The Kier molecular flexibility index (Phi) is 9.50. The number of ether oxygens (including phenoxy) is 1. The molecular weight excluding hydrogens is 570 g/mol. The van der Waals surface area contributed by atoms with Crippen molar-refractivity contribution in [1.29, 1.82) is 5.26 Å². The van der Waals surface area contributed by atoms with Crippen LogP contribution in [0.25, 0.3) is 0 Å². The van der Waals surface area contributed by atoms with Gasteiger partial charge in [0.15, 0.2) is 0 Å². The lowest BCUT2D eigenvalue weighted by molar-refractivity contribution is -0.128. The first-order chi connectivity index (χ1) is 19.5. The number of nitriles is 1. The number of piperidine rings is 1. The number of likely N-dealkylation sites (tertiary alicyclic amines) is 1. The van der Waals surface area contributed by atoms with Crippen LogP contribution in [0.5, 0.6) is 0 Å². The van der Waals surface area contributed by atoms with E-state index in [-0.39, 0.29) is 35.4 Å². The number of nitrogens with zero attached hydrogens (tertiary/aromatic N) is 4. The van der Waals surface area contributed by atoms with E-state index in [2.05, 4.69) is 15.8 Å². The van der Waals surface area contributed by atoms with Gasteiger partial charge in [0.25, 0.3) is 0 Å². The lowest BCUT2D eigenvalue weighted by Crippen LogP contribution is -2.43. The quantitative estimate of drug-likeness (QED) is 0.427. The van der Waals surface area contributed by atoms with Gasteiger partial charge in [-0.15, -0.1) is 0 Å². The van der Waals surface area contributed by atoms with Gasteiger partial charge in [-0.2, -0.15) is 5.26 Å². The van der Waals surface area contributed by atoms with Crippen molar-refractivity contribution in [2.45, 2.75) is 57.9 Å². The molecule has 2 fully saturated rings. The third kappa shape index (κ3) is 7.74. The molecule has 0 unspecified atom stereocenters. The largest absolute Gasteiger partial charge is 0.459 e. The summed E-state index contributed by atoms with van der Waals surface area (Å²) in [6.45, 7) is 4.79. The van der Waals surface area contributed by atoms with Gasteiger partial charge in [0.05, 0.1) is 35.2 Å². The standard InChI is InChI=1S/C28H32ClN5O6S/c1-18(2)40-28(37)23-14-21(15-30)26(31-24(23)16-34-11-3-4-25(34)35)33-12-9-20(10-13-33)27(36)32-41(38,39)17-19-5-7-22(29)8-6-19/h5-8,14,18,20H,3-4,9-13,16-17H2,1-2H3,(H,32,36). The minimum absolute atomic E-state index is 0.0290. The second-order valence-corrected chi connectivity index (χ2v) is 12.6. The minimum Gasteiger partial charge on any atom is -0.459 e. The van der Waals surface area contributed by atoms with E-state index in [9.17, 15) is 28.1 Å². The molecule has 4 rings (SSSR count). The lowest BCUT2D eigenvalue weighted by atomic mass is 9.96. The summed E-state index contributed by atoms with van der Waals surface area (Å²) >= 11 is 5.85. The highest BCUT2D eigenvalue weighted by molar-refractivity contribution is 7.89. The number of anilines is 1. The smallest absolute Gasteiger partial charge is 0.340 e. The Morgan fingerprint density at radius 3 is 2.46 bits per heavy atom. The molecule has 2 amide bonds. The SMILES string of the molecule is CC(C)OC(=O)c1cc(C#N)c(N2CCC(C(=O)NS(=O)(=O)Cc3ccc(Cl)cc3)CC2)nc1CN1CCCC1=O. The molecule has 1 aromatic heterocycles. The van der Waals surface area contributed by atoms with Crippen LogP contribution in [0.15, 0.2) is 30.3 Å². The van der Waals surface area contributed by atoms with Crippen LogP contribution in [-0.2, 0) is 36.6 Å². The molecule has 2 aliphatic rings. The van der Waals surface area contributed by atoms with Crippen molar-refractivity contribution in [1.82, 2.24) is 14.6 Å². The van der Waals surface area contributed by atoms with E-state index in [0.717, 1.165) is 6.42 Å². The number of nitrogens with one attached hydrogen (secondary N) is 1. The van der Waals surface area contributed by atoms with Crippen LogP contribution >= 0.6 is 11.6 Å². The number of rotatable bonds is 9. The number of carbonyl (C=O) groups excluding carboxylic acids is 3. The first kappa shape index (κ1) is 30.3. The van der Waals surface area contributed by atoms with Crippen molar-refractivity contribution in [2.75, 3.05) is 24.5 Å². The van der Waals surface area contributed by atoms with Crippen LogP contribution in [0.2, 0.25) is 5.02 Å². The van der Waals surface area contributed by atoms with Crippen molar-refractivity contribution >= 4 is 45.2 Å². The van der Waals surface area contributed by atoms with E-state index >= 15 is 0 Å². The molecule has 2 aliphatic heterocycles. The second-order valence-electron chi connectivity index (χ2n) is 10.5. The van der Waals surface area contributed by atoms with E-state index in [0.29, 0.717) is 61.0 Å². The van der Waals surface area contributed by atoms with Gasteiger partial charge >= 0.3 is 5.97 Å². The van der Waals surface area contributed by atoms with Crippen LogP contribution < -0.4 is 9.62 Å². The highest BCUT2D eigenvalue weighted by Crippen LogP contribution is 2.28. The number of carbonyl (C=O) groups is 3. The summed E-state index contributed by atoms with van der Waals surface area (Å²) in [5.41, 5.74) is 1.16. The summed E-state index contributed by atoms with van der Waals surface area (Å²) in [7, 11) is -3.90. The fourth-order valence-electron chi connectivity index (χ4n) is 4.92. The highest BCUT2D eigenvalue weighted by Gasteiger charge is 2.31. The van der Waals surface area contributed by atoms with Crippen LogP contribution in [0.3, 0.4) is 0 Å². The Morgan fingerprint density at radius 2 is 1.88 bits per heavy atom. The van der Waals surface area contributed by atoms with Gasteiger partial charge in [-0.05, 0) is 56.9 Å². The highest BCUT2D eigenvalue weighted by atomic mass is 35.5. The Bertz CT molecular complexity index is 1460. The molecule has 41 heavy (non-hydrogen) atoms. The molecule has 13 heteroatoms. The van der Waals surface area contributed by atoms with Crippen molar-refractivity contribution in [2.24, 2.45) is 5.92 Å². The number of benzene rings is 1. The molecule has 0 saturated carbocycles. The van der Waals surface area contributed by atoms with Crippen LogP contribution in [0, 0.1) is 17.2 Å². The molecule has 0 bridgehead atoms. The van der Waals surface area contributed by atoms with Gasteiger partial charge in [-0.3, -0.25) is 14.3 Å². The lowest BCUT2D eigenvalue weighted by Gasteiger charge is -2.33. The average Bonchev–Trinajstić information content (AvgIpc) is 3.33.